The summed E-state index contributed by atoms with van der Waals surface area (Å²) in [6, 6.07) is 0.0921. The predicted molar refractivity (Wildman–Crippen MR) is 103 cm³/mol. The molecule has 2 fully saturated rings. The molecule has 1 aliphatic carbocycles. The van der Waals surface area contributed by atoms with E-state index in [0.29, 0.717) is 37.0 Å². The van der Waals surface area contributed by atoms with Gasteiger partial charge in [0.1, 0.15) is 10.7 Å². The van der Waals surface area contributed by atoms with Crippen molar-refractivity contribution >= 4 is 23.2 Å². The summed E-state index contributed by atoms with van der Waals surface area (Å²) in [6.45, 7) is 6.97. The number of hydrogen-bond donors (Lipinski definition) is 0. The van der Waals surface area contributed by atoms with Gasteiger partial charge in [-0.15, -0.1) is 11.3 Å². The molecule has 0 N–H and O–H groups in total. The van der Waals surface area contributed by atoms with E-state index in [9.17, 15) is 9.59 Å². The fourth-order valence-electron chi connectivity index (χ4n) is 3.46. The molecule has 1 aromatic rings. The second-order valence-electron chi connectivity index (χ2n) is 8.17. The molecule has 2 aliphatic rings. The van der Waals surface area contributed by atoms with Crippen molar-refractivity contribution in [3.63, 3.8) is 0 Å². The molecule has 0 bridgehead atoms. The van der Waals surface area contributed by atoms with Crippen molar-refractivity contribution in [3.8, 4) is 0 Å². The van der Waals surface area contributed by atoms with Crippen molar-refractivity contribution in [2.75, 3.05) is 33.7 Å². The van der Waals surface area contributed by atoms with E-state index in [1.165, 1.54) is 24.2 Å². The van der Waals surface area contributed by atoms with Gasteiger partial charge in [0.05, 0.1) is 6.04 Å². The Morgan fingerprint density at radius 2 is 2.12 bits per heavy atom. The van der Waals surface area contributed by atoms with Gasteiger partial charge < -0.3 is 14.7 Å². The Balaban J connectivity index is 1.73. The van der Waals surface area contributed by atoms with Crippen LogP contribution >= 0.6 is 11.3 Å². The van der Waals surface area contributed by atoms with Gasteiger partial charge in [0.25, 0.3) is 5.91 Å². The van der Waals surface area contributed by atoms with E-state index in [-0.39, 0.29) is 17.9 Å². The molecule has 1 saturated heterocycles. The number of thiazole rings is 1. The Morgan fingerprint density at radius 1 is 1.38 bits per heavy atom. The zero-order chi connectivity index (χ0) is 18.8. The van der Waals surface area contributed by atoms with Crippen molar-refractivity contribution in [2.45, 2.75) is 45.7 Å². The molecule has 6 nitrogen and oxygen atoms in total. The Morgan fingerprint density at radius 3 is 2.73 bits per heavy atom. The van der Waals surface area contributed by atoms with E-state index in [1.807, 2.05) is 34.2 Å². The summed E-state index contributed by atoms with van der Waals surface area (Å²) in [7, 11) is 3.98. The third-order valence-corrected chi connectivity index (χ3v) is 5.99. The molecular weight excluding hydrogens is 348 g/mol. The minimum Gasteiger partial charge on any atom is -0.337 e. The SMILES string of the molecule is CC(C)[C@H]1CN(C(=O)c2csc(CN(C)C)n2)CCC(=O)N1CC1CC1. The number of aromatic nitrogens is 1. The maximum Gasteiger partial charge on any atom is 0.273 e. The van der Waals surface area contributed by atoms with E-state index in [1.54, 1.807) is 0 Å². The lowest BCUT2D eigenvalue weighted by Gasteiger charge is -2.34. The number of carbonyl (C=O) groups excluding carboxylic acids is 2. The van der Waals surface area contributed by atoms with E-state index in [2.05, 4.69) is 18.8 Å². The molecule has 3 rings (SSSR count). The topological polar surface area (TPSA) is 56.8 Å². The molecule has 0 spiro atoms. The molecule has 1 aromatic heterocycles. The van der Waals surface area contributed by atoms with Gasteiger partial charge in [-0.2, -0.15) is 0 Å². The maximum atomic E-state index is 13.0. The number of rotatable bonds is 6. The summed E-state index contributed by atoms with van der Waals surface area (Å²) in [6.07, 6.45) is 2.87. The fourth-order valence-corrected chi connectivity index (χ4v) is 4.35. The lowest BCUT2D eigenvalue weighted by atomic mass is 10.0. The van der Waals surface area contributed by atoms with Gasteiger partial charge in [-0.3, -0.25) is 9.59 Å². The molecule has 2 heterocycles. The lowest BCUT2D eigenvalue weighted by Crippen LogP contribution is -2.48. The average molecular weight is 379 g/mol. The highest BCUT2D eigenvalue weighted by molar-refractivity contribution is 7.09. The molecule has 2 amide bonds. The first-order valence-electron chi connectivity index (χ1n) is 9.53. The van der Waals surface area contributed by atoms with Crippen LogP contribution in [0.5, 0.6) is 0 Å². The van der Waals surface area contributed by atoms with Crippen molar-refractivity contribution in [1.82, 2.24) is 19.7 Å². The maximum absolute atomic E-state index is 13.0. The van der Waals surface area contributed by atoms with Gasteiger partial charge in [-0.1, -0.05) is 13.8 Å². The largest absolute Gasteiger partial charge is 0.337 e. The first kappa shape index (κ1) is 19.3. The van der Waals surface area contributed by atoms with E-state index in [4.69, 9.17) is 0 Å². The minimum absolute atomic E-state index is 0.0435. The highest BCUT2D eigenvalue weighted by atomic mass is 32.1. The van der Waals surface area contributed by atoms with Crippen LogP contribution in [0.3, 0.4) is 0 Å². The second-order valence-corrected chi connectivity index (χ2v) is 9.11. The molecule has 7 heteroatoms. The van der Waals surface area contributed by atoms with Crippen molar-refractivity contribution in [2.24, 2.45) is 11.8 Å². The van der Waals surface area contributed by atoms with Gasteiger partial charge in [0.15, 0.2) is 0 Å². The van der Waals surface area contributed by atoms with Gasteiger partial charge >= 0.3 is 0 Å². The predicted octanol–water partition coefficient (Wildman–Crippen LogP) is 2.31. The normalized spacial score (nSPS) is 21.6. The zero-order valence-corrected chi connectivity index (χ0v) is 17.1. The van der Waals surface area contributed by atoms with E-state index >= 15 is 0 Å². The molecular formula is C19H30N4O2S. The van der Waals surface area contributed by atoms with Crippen LogP contribution in [0.15, 0.2) is 5.38 Å². The van der Waals surface area contributed by atoms with Crippen molar-refractivity contribution in [3.05, 3.63) is 16.1 Å². The minimum atomic E-state index is -0.0435. The van der Waals surface area contributed by atoms with Gasteiger partial charge in [0, 0.05) is 38.0 Å². The molecule has 144 valence electrons. The van der Waals surface area contributed by atoms with Crippen LogP contribution in [0.25, 0.3) is 0 Å². The monoisotopic (exact) mass is 378 g/mol. The third kappa shape index (κ3) is 4.62. The molecule has 0 aromatic carbocycles. The van der Waals surface area contributed by atoms with E-state index < -0.39 is 0 Å². The van der Waals surface area contributed by atoms with Crippen LogP contribution < -0.4 is 0 Å². The van der Waals surface area contributed by atoms with Crippen LogP contribution in [-0.4, -0.2) is 71.3 Å². The summed E-state index contributed by atoms with van der Waals surface area (Å²) in [5.74, 6) is 1.14. The smallest absolute Gasteiger partial charge is 0.273 e. The van der Waals surface area contributed by atoms with Crippen LogP contribution in [0.2, 0.25) is 0 Å². The number of amides is 2. The standard InChI is InChI=1S/C19H30N4O2S/c1-13(2)16-10-22(8-7-18(24)23(16)9-14-5-6-14)19(25)15-12-26-17(20-15)11-21(3)4/h12-14,16H,5-11H2,1-4H3/t16-/m1/s1. The first-order chi connectivity index (χ1) is 12.3. The van der Waals surface area contributed by atoms with Crippen LogP contribution in [-0.2, 0) is 11.3 Å². The van der Waals surface area contributed by atoms with Gasteiger partial charge in [-0.05, 0) is 38.8 Å². The second kappa shape index (κ2) is 8.05. The van der Waals surface area contributed by atoms with Crippen molar-refractivity contribution < 1.29 is 9.59 Å². The lowest BCUT2D eigenvalue weighted by molar-refractivity contribution is -0.133. The van der Waals surface area contributed by atoms with Crippen LogP contribution in [0.1, 0.15) is 48.6 Å². The Kier molecular flexibility index (Phi) is 5.97. The molecule has 0 unspecified atom stereocenters. The molecule has 1 atom stereocenters. The zero-order valence-electron chi connectivity index (χ0n) is 16.3. The highest BCUT2D eigenvalue weighted by Gasteiger charge is 2.37. The Labute approximate surface area is 160 Å². The summed E-state index contributed by atoms with van der Waals surface area (Å²) < 4.78 is 0. The summed E-state index contributed by atoms with van der Waals surface area (Å²) in [4.78, 5) is 36.1. The molecule has 1 aliphatic heterocycles. The van der Waals surface area contributed by atoms with Gasteiger partial charge in [-0.25, -0.2) is 4.98 Å². The summed E-state index contributed by atoms with van der Waals surface area (Å²) >= 11 is 1.52. The molecule has 1 saturated carbocycles. The van der Waals surface area contributed by atoms with Crippen LogP contribution in [0.4, 0.5) is 0 Å². The number of carbonyl (C=O) groups is 2. The highest BCUT2D eigenvalue weighted by Crippen LogP contribution is 2.32. The number of hydrogen-bond acceptors (Lipinski definition) is 5. The Bertz CT molecular complexity index is 654. The summed E-state index contributed by atoms with van der Waals surface area (Å²) in [5.41, 5.74) is 0.512. The molecule has 26 heavy (non-hydrogen) atoms. The van der Waals surface area contributed by atoms with E-state index in [0.717, 1.165) is 18.1 Å². The van der Waals surface area contributed by atoms with Crippen molar-refractivity contribution in [1.29, 1.82) is 0 Å². The van der Waals surface area contributed by atoms with Gasteiger partial charge in [0.2, 0.25) is 5.91 Å². The quantitative estimate of drug-likeness (QED) is 0.762. The molecule has 0 radical (unpaired) electrons. The Hall–Kier alpha value is -1.47. The fraction of sp³-hybridized carbons (Fsp3) is 0.737. The number of nitrogens with zero attached hydrogens (tertiary/aromatic N) is 4. The first-order valence-corrected chi connectivity index (χ1v) is 10.4. The average Bonchev–Trinajstić information content (AvgIpc) is 3.31. The third-order valence-electron chi connectivity index (χ3n) is 5.15. The van der Waals surface area contributed by atoms with Crippen LogP contribution in [0, 0.1) is 11.8 Å². The summed E-state index contributed by atoms with van der Waals surface area (Å²) in [5, 5.41) is 2.79.